The number of nitrogens with zero attached hydrogens (tertiary/aromatic N) is 3. The third kappa shape index (κ3) is 4.57. The fraction of sp³-hybridized carbons (Fsp3) is 0.353. The molecular formula is C17H20N4O4. The second-order valence-electron chi connectivity index (χ2n) is 5.67. The molecule has 1 aromatic carbocycles. The number of benzene rings is 1. The highest BCUT2D eigenvalue weighted by Crippen LogP contribution is 2.19. The van der Waals surface area contributed by atoms with Crippen molar-refractivity contribution in [3.8, 4) is 0 Å². The number of esters is 1. The lowest BCUT2D eigenvalue weighted by molar-refractivity contribution is -0.119. The Balaban J connectivity index is 1.48. The molecule has 1 saturated heterocycles. The minimum atomic E-state index is -0.578. The summed E-state index contributed by atoms with van der Waals surface area (Å²) in [5.41, 5.74) is 2.05. The zero-order valence-corrected chi connectivity index (χ0v) is 14.0. The lowest BCUT2D eigenvalue weighted by Gasteiger charge is -2.28. The Morgan fingerprint density at radius 2 is 1.96 bits per heavy atom. The molecule has 2 heterocycles. The van der Waals surface area contributed by atoms with Crippen LogP contribution in [-0.2, 0) is 21.3 Å². The Kier molecular flexibility index (Phi) is 5.30. The van der Waals surface area contributed by atoms with E-state index in [1.165, 1.54) is 17.1 Å². The van der Waals surface area contributed by atoms with Gasteiger partial charge in [-0.2, -0.15) is 5.10 Å². The van der Waals surface area contributed by atoms with Gasteiger partial charge >= 0.3 is 5.97 Å². The first kappa shape index (κ1) is 17.0. The number of nitrogens with one attached hydrogen (secondary N) is 1. The van der Waals surface area contributed by atoms with Crippen LogP contribution in [0.4, 0.5) is 11.4 Å². The standard InChI is InChI=1S/C17H20N4O4/c1-20-11-13(10-18-20)17(23)25-12-16(22)19-14-2-4-15(5-3-14)21-6-8-24-9-7-21/h2-5,10-11H,6-9,12H2,1H3,(H,19,22). The molecule has 0 aliphatic carbocycles. The fourth-order valence-electron chi connectivity index (χ4n) is 2.52. The van der Waals surface area contributed by atoms with Crippen LogP contribution in [0.2, 0.25) is 0 Å². The van der Waals surface area contributed by atoms with Gasteiger partial charge < -0.3 is 19.7 Å². The largest absolute Gasteiger partial charge is 0.452 e. The highest BCUT2D eigenvalue weighted by atomic mass is 16.5. The summed E-state index contributed by atoms with van der Waals surface area (Å²) in [6.07, 6.45) is 2.93. The van der Waals surface area contributed by atoms with E-state index in [1.807, 2.05) is 24.3 Å². The average Bonchev–Trinajstić information content (AvgIpc) is 3.08. The minimum Gasteiger partial charge on any atom is -0.452 e. The number of carbonyl (C=O) groups excluding carboxylic acids is 2. The molecule has 1 N–H and O–H groups in total. The summed E-state index contributed by atoms with van der Waals surface area (Å²) in [5, 5.41) is 6.59. The highest BCUT2D eigenvalue weighted by molar-refractivity contribution is 5.95. The topological polar surface area (TPSA) is 85.7 Å². The second-order valence-corrected chi connectivity index (χ2v) is 5.67. The van der Waals surface area contributed by atoms with E-state index in [1.54, 1.807) is 7.05 Å². The van der Waals surface area contributed by atoms with Crippen molar-refractivity contribution in [3.05, 3.63) is 42.2 Å². The first-order valence-corrected chi connectivity index (χ1v) is 8.00. The lowest BCUT2D eigenvalue weighted by Crippen LogP contribution is -2.36. The van der Waals surface area contributed by atoms with Crippen molar-refractivity contribution in [1.82, 2.24) is 9.78 Å². The van der Waals surface area contributed by atoms with Gasteiger partial charge in [-0.3, -0.25) is 9.48 Å². The normalized spacial score (nSPS) is 14.2. The van der Waals surface area contributed by atoms with Crippen LogP contribution in [0, 0.1) is 0 Å². The van der Waals surface area contributed by atoms with Gasteiger partial charge in [-0.15, -0.1) is 0 Å². The summed E-state index contributed by atoms with van der Waals surface area (Å²) in [6.45, 7) is 2.81. The smallest absolute Gasteiger partial charge is 0.341 e. The van der Waals surface area contributed by atoms with Crippen molar-refractivity contribution in [2.75, 3.05) is 43.1 Å². The van der Waals surface area contributed by atoms with Crippen molar-refractivity contribution in [1.29, 1.82) is 0 Å². The van der Waals surface area contributed by atoms with E-state index < -0.39 is 11.9 Å². The van der Waals surface area contributed by atoms with E-state index in [-0.39, 0.29) is 6.61 Å². The number of anilines is 2. The third-order valence-corrected chi connectivity index (χ3v) is 3.80. The van der Waals surface area contributed by atoms with Gasteiger partial charge in [-0.1, -0.05) is 0 Å². The Bertz CT molecular complexity index is 735. The van der Waals surface area contributed by atoms with E-state index in [9.17, 15) is 9.59 Å². The first-order valence-electron chi connectivity index (χ1n) is 8.00. The Hall–Kier alpha value is -2.87. The summed E-state index contributed by atoms with van der Waals surface area (Å²) in [6, 6.07) is 7.54. The molecule has 0 saturated carbocycles. The van der Waals surface area contributed by atoms with Crippen molar-refractivity contribution >= 4 is 23.3 Å². The molecule has 0 bridgehead atoms. The second kappa shape index (κ2) is 7.80. The SMILES string of the molecule is Cn1cc(C(=O)OCC(=O)Nc2ccc(N3CCOCC3)cc2)cn1. The molecule has 8 heteroatoms. The van der Waals surface area contributed by atoms with Crippen LogP contribution in [0.1, 0.15) is 10.4 Å². The van der Waals surface area contributed by atoms with Crippen molar-refractivity contribution in [3.63, 3.8) is 0 Å². The van der Waals surface area contributed by atoms with Crippen LogP contribution >= 0.6 is 0 Å². The number of morpholine rings is 1. The third-order valence-electron chi connectivity index (χ3n) is 3.80. The van der Waals surface area contributed by atoms with Gasteiger partial charge in [0.15, 0.2) is 6.61 Å². The molecule has 1 aliphatic rings. The molecule has 0 radical (unpaired) electrons. The number of aryl methyl sites for hydroxylation is 1. The minimum absolute atomic E-state index is 0.310. The summed E-state index contributed by atoms with van der Waals surface area (Å²) in [7, 11) is 1.70. The number of amides is 1. The molecule has 0 unspecified atom stereocenters. The maximum Gasteiger partial charge on any atom is 0.341 e. The quantitative estimate of drug-likeness (QED) is 0.816. The number of aromatic nitrogens is 2. The number of rotatable bonds is 5. The number of ether oxygens (including phenoxy) is 2. The van der Waals surface area contributed by atoms with Crippen LogP contribution in [0.5, 0.6) is 0 Å². The van der Waals surface area contributed by atoms with Gasteiger partial charge in [0.25, 0.3) is 5.91 Å². The molecule has 1 fully saturated rings. The van der Waals surface area contributed by atoms with Gasteiger partial charge in [0.1, 0.15) is 0 Å². The number of hydrogen-bond donors (Lipinski definition) is 1. The molecule has 8 nitrogen and oxygen atoms in total. The van der Waals surface area contributed by atoms with Gasteiger partial charge in [0, 0.05) is 37.7 Å². The van der Waals surface area contributed by atoms with Gasteiger partial charge in [-0.25, -0.2) is 4.79 Å². The predicted octanol–water partition coefficient (Wildman–Crippen LogP) is 1.05. The van der Waals surface area contributed by atoms with Crippen molar-refractivity contribution < 1.29 is 19.1 Å². The van der Waals surface area contributed by atoms with Crippen LogP contribution in [0.25, 0.3) is 0 Å². The monoisotopic (exact) mass is 344 g/mol. The summed E-state index contributed by atoms with van der Waals surface area (Å²) in [5.74, 6) is -0.970. The average molecular weight is 344 g/mol. The van der Waals surface area contributed by atoms with Crippen LogP contribution < -0.4 is 10.2 Å². The number of hydrogen-bond acceptors (Lipinski definition) is 6. The van der Waals surface area contributed by atoms with E-state index in [4.69, 9.17) is 9.47 Å². The zero-order valence-electron chi connectivity index (χ0n) is 14.0. The molecule has 0 spiro atoms. The van der Waals surface area contributed by atoms with Crippen LogP contribution in [-0.4, -0.2) is 54.6 Å². The van der Waals surface area contributed by atoms with E-state index in [0.717, 1.165) is 32.0 Å². The maximum absolute atomic E-state index is 11.9. The molecule has 1 amide bonds. The predicted molar refractivity (Wildman–Crippen MR) is 91.6 cm³/mol. The van der Waals surface area contributed by atoms with Crippen LogP contribution in [0.3, 0.4) is 0 Å². The van der Waals surface area contributed by atoms with Gasteiger partial charge in [0.2, 0.25) is 0 Å². The Labute approximate surface area is 145 Å². The van der Waals surface area contributed by atoms with E-state index >= 15 is 0 Å². The molecular weight excluding hydrogens is 324 g/mol. The molecule has 132 valence electrons. The van der Waals surface area contributed by atoms with E-state index in [2.05, 4.69) is 15.3 Å². The van der Waals surface area contributed by atoms with Crippen molar-refractivity contribution in [2.24, 2.45) is 7.05 Å². The Morgan fingerprint density at radius 3 is 2.60 bits per heavy atom. The molecule has 0 atom stereocenters. The molecule has 3 rings (SSSR count). The summed E-state index contributed by atoms with van der Waals surface area (Å²) in [4.78, 5) is 25.9. The van der Waals surface area contributed by atoms with Crippen LogP contribution in [0.15, 0.2) is 36.7 Å². The molecule has 1 aromatic heterocycles. The highest BCUT2D eigenvalue weighted by Gasteiger charge is 2.13. The Morgan fingerprint density at radius 1 is 1.24 bits per heavy atom. The maximum atomic E-state index is 11.9. The molecule has 2 aromatic rings. The molecule has 1 aliphatic heterocycles. The summed E-state index contributed by atoms with van der Waals surface area (Å²) < 4.78 is 11.8. The van der Waals surface area contributed by atoms with E-state index in [0.29, 0.717) is 11.3 Å². The summed E-state index contributed by atoms with van der Waals surface area (Å²) >= 11 is 0. The zero-order chi connectivity index (χ0) is 17.6. The number of carbonyl (C=O) groups is 2. The van der Waals surface area contributed by atoms with Crippen molar-refractivity contribution in [2.45, 2.75) is 0 Å². The first-order chi connectivity index (χ1) is 12.1. The van der Waals surface area contributed by atoms with Gasteiger partial charge in [0.05, 0.1) is 25.0 Å². The molecule has 25 heavy (non-hydrogen) atoms. The lowest BCUT2D eigenvalue weighted by atomic mass is 10.2. The van der Waals surface area contributed by atoms with Gasteiger partial charge in [-0.05, 0) is 24.3 Å². The fourth-order valence-corrected chi connectivity index (χ4v) is 2.52.